The fourth-order valence-electron chi connectivity index (χ4n) is 1.67. The minimum atomic E-state index is -0.245. The van der Waals surface area contributed by atoms with Gasteiger partial charge < -0.3 is 5.32 Å². The van der Waals surface area contributed by atoms with E-state index in [2.05, 4.69) is 5.32 Å². The molecular formula is C15H13Cl2NOS. The smallest absolute Gasteiger partial charge is 0.257 e. The first-order chi connectivity index (χ1) is 9.51. The highest BCUT2D eigenvalue weighted by Gasteiger charge is 2.12. The van der Waals surface area contributed by atoms with Crippen LogP contribution in [-0.4, -0.2) is 12.2 Å². The van der Waals surface area contributed by atoms with E-state index in [0.29, 0.717) is 21.3 Å². The van der Waals surface area contributed by atoms with Crippen LogP contribution >= 0.6 is 35.0 Å². The number of hydrogen-bond acceptors (Lipinski definition) is 2. The number of anilines is 1. The lowest BCUT2D eigenvalue weighted by Crippen LogP contribution is -2.12. The summed E-state index contributed by atoms with van der Waals surface area (Å²) in [5.74, 6) is -0.245. The summed E-state index contributed by atoms with van der Waals surface area (Å²) >= 11 is 13.7. The summed E-state index contributed by atoms with van der Waals surface area (Å²) in [4.78, 5) is 13.2. The Kier molecular flexibility index (Phi) is 4.97. The Morgan fingerprint density at radius 2 is 1.85 bits per heavy atom. The molecule has 2 aromatic carbocycles. The van der Waals surface area contributed by atoms with E-state index in [1.165, 1.54) is 0 Å². The van der Waals surface area contributed by atoms with Gasteiger partial charge in [0, 0.05) is 15.6 Å². The van der Waals surface area contributed by atoms with Gasteiger partial charge in [0.2, 0.25) is 0 Å². The number of hydrogen-bond donors (Lipinski definition) is 1. The van der Waals surface area contributed by atoms with Crippen LogP contribution in [0.15, 0.2) is 41.3 Å². The van der Waals surface area contributed by atoms with Crippen molar-refractivity contribution >= 4 is 46.6 Å². The van der Waals surface area contributed by atoms with Crippen LogP contribution in [0.5, 0.6) is 0 Å². The first kappa shape index (κ1) is 15.2. The van der Waals surface area contributed by atoms with Crippen molar-refractivity contribution in [1.29, 1.82) is 0 Å². The van der Waals surface area contributed by atoms with Crippen LogP contribution in [0.4, 0.5) is 5.69 Å². The van der Waals surface area contributed by atoms with Crippen molar-refractivity contribution in [2.24, 2.45) is 0 Å². The van der Waals surface area contributed by atoms with Crippen molar-refractivity contribution < 1.29 is 4.79 Å². The maximum absolute atomic E-state index is 12.3. The molecule has 2 nitrogen and oxygen atoms in total. The number of rotatable bonds is 3. The first-order valence-electron chi connectivity index (χ1n) is 5.92. The van der Waals surface area contributed by atoms with Crippen LogP contribution in [0, 0.1) is 6.92 Å². The average molecular weight is 326 g/mol. The summed E-state index contributed by atoms with van der Waals surface area (Å²) < 4.78 is 0. The topological polar surface area (TPSA) is 29.1 Å². The molecule has 0 radical (unpaired) electrons. The minimum Gasteiger partial charge on any atom is -0.322 e. The van der Waals surface area contributed by atoms with Gasteiger partial charge in [-0.15, -0.1) is 11.8 Å². The van der Waals surface area contributed by atoms with Gasteiger partial charge >= 0.3 is 0 Å². The van der Waals surface area contributed by atoms with Gasteiger partial charge in [-0.2, -0.15) is 0 Å². The second-order valence-electron chi connectivity index (χ2n) is 4.26. The summed E-state index contributed by atoms with van der Waals surface area (Å²) in [7, 11) is 0. The molecule has 0 aromatic heterocycles. The van der Waals surface area contributed by atoms with E-state index in [1.54, 1.807) is 30.0 Å². The molecule has 1 N–H and O–H groups in total. The molecule has 104 valence electrons. The van der Waals surface area contributed by atoms with Gasteiger partial charge in [-0.05, 0) is 49.1 Å². The van der Waals surface area contributed by atoms with Crippen molar-refractivity contribution in [3.8, 4) is 0 Å². The molecule has 0 unspecified atom stereocenters. The normalized spacial score (nSPS) is 10.4. The van der Waals surface area contributed by atoms with E-state index >= 15 is 0 Å². The first-order valence-corrected chi connectivity index (χ1v) is 7.90. The van der Waals surface area contributed by atoms with Gasteiger partial charge in [0.05, 0.1) is 10.6 Å². The molecule has 0 atom stereocenters. The van der Waals surface area contributed by atoms with Crippen LogP contribution in [0.1, 0.15) is 15.9 Å². The Morgan fingerprint density at radius 1 is 1.10 bits per heavy atom. The number of carbonyl (C=O) groups is 1. The summed E-state index contributed by atoms with van der Waals surface area (Å²) in [6.45, 7) is 1.91. The van der Waals surface area contributed by atoms with Crippen LogP contribution < -0.4 is 5.32 Å². The van der Waals surface area contributed by atoms with Crippen molar-refractivity contribution in [3.05, 3.63) is 57.6 Å². The van der Waals surface area contributed by atoms with E-state index in [4.69, 9.17) is 23.2 Å². The predicted molar refractivity (Wildman–Crippen MR) is 87.4 cm³/mol. The summed E-state index contributed by atoms with van der Waals surface area (Å²) in [5, 5.41) is 3.85. The average Bonchev–Trinajstić information content (AvgIpc) is 2.43. The van der Waals surface area contributed by atoms with Crippen molar-refractivity contribution in [2.45, 2.75) is 11.8 Å². The van der Waals surface area contributed by atoms with Crippen LogP contribution in [0.25, 0.3) is 0 Å². The van der Waals surface area contributed by atoms with E-state index in [9.17, 15) is 4.79 Å². The second kappa shape index (κ2) is 6.53. The number of amides is 1. The number of thioether (sulfide) groups is 1. The van der Waals surface area contributed by atoms with Gasteiger partial charge in [0.1, 0.15) is 0 Å². The lowest BCUT2D eigenvalue weighted by Gasteiger charge is -2.09. The quantitative estimate of drug-likeness (QED) is 0.778. The van der Waals surface area contributed by atoms with Crippen LogP contribution in [0.2, 0.25) is 10.0 Å². The number of aryl methyl sites for hydroxylation is 1. The van der Waals surface area contributed by atoms with Gasteiger partial charge in [0.25, 0.3) is 5.91 Å². The molecule has 2 rings (SSSR count). The Labute approximate surface area is 132 Å². The highest BCUT2D eigenvalue weighted by atomic mass is 35.5. The third-order valence-electron chi connectivity index (χ3n) is 2.85. The zero-order valence-electron chi connectivity index (χ0n) is 11.0. The molecule has 0 aliphatic rings. The van der Waals surface area contributed by atoms with Gasteiger partial charge in [-0.1, -0.05) is 29.3 Å². The fraction of sp³-hybridized carbons (Fsp3) is 0.133. The lowest BCUT2D eigenvalue weighted by molar-refractivity contribution is 0.102. The minimum absolute atomic E-state index is 0.245. The number of nitrogens with one attached hydrogen (secondary N) is 1. The van der Waals surface area contributed by atoms with Crippen molar-refractivity contribution in [2.75, 3.05) is 11.6 Å². The molecule has 0 bridgehead atoms. The van der Waals surface area contributed by atoms with Gasteiger partial charge in [0.15, 0.2) is 0 Å². The standard InChI is InChI=1S/C15H13Cl2NOS/c1-9-3-4-10(7-14(9)17)18-15(19)12-8-11(20-2)5-6-13(12)16/h3-8H,1-2H3,(H,18,19). The maximum atomic E-state index is 12.3. The molecule has 0 saturated heterocycles. The molecule has 0 heterocycles. The Balaban J connectivity index is 2.25. The van der Waals surface area contributed by atoms with Crippen molar-refractivity contribution in [1.82, 2.24) is 0 Å². The highest BCUT2D eigenvalue weighted by molar-refractivity contribution is 7.98. The van der Waals surface area contributed by atoms with E-state index in [1.807, 2.05) is 31.4 Å². The predicted octanol–water partition coefficient (Wildman–Crippen LogP) is 5.28. The monoisotopic (exact) mass is 325 g/mol. The van der Waals surface area contributed by atoms with Crippen LogP contribution in [-0.2, 0) is 0 Å². The largest absolute Gasteiger partial charge is 0.322 e. The Bertz CT molecular complexity index is 658. The maximum Gasteiger partial charge on any atom is 0.257 e. The highest BCUT2D eigenvalue weighted by Crippen LogP contribution is 2.25. The number of halogens is 2. The zero-order chi connectivity index (χ0) is 14.7. The molecule has 0 spiro atoms. The third kappa shape index (κ3) is 3.48. The Hall–Kier alpha value is -1.16. The molecule has 0 aliphatic heterocycles. The van der Waals surface area contributed by atoms with Crippen LogP contribution in [0.3, 0.4) is 0 Å². The Morgan fingerprint density at radius 3 is 2.50 bits per heavy atom. The zero-order valence-corrected chi connectivity index (χ0v) is 13.4. The summed E-state index contributed by atoms with van der Waals surface area (Å²) in [6.07, 6.45) is 1.95. The van der Waals surface area contributed by atoms with Gasteiger partial charge in [-0.25, -0.2) is 0 Å². The molecule has 1 amide bonds. The number of benzene rings is 2. The molecule has 5 heteroatoms. The van der Waals surface area contributed by atoms with E-state index in [-0.39, 0.29) is 5.91 Å². The van der Waals surface area contributed by atoms with Gasteiger partial charge in [-0.3, -0.25) is 4.79 Å². The van der Waals surface area contributed by atoms with E-state index in [0.717, 1.165) is 10.5 Å². The summed E-state index contributed by atoms with van der Waals surface area (Å²) in [5.41, 5.74) is 2.07. The molecule has 20 heavy (non-hydrogen) atoms. The second-order valence-corrected chi connectivity index (χ2v) is 5.96. The lowest BCUT2D eigenvalue weighted by atomic mass is 10.2. The molecule has 0 fully saturated rings. The third-order valence-corrected chi connectivity index (χ3v) is 4.31. The van der Waals surface area contributed by atoms with E-state index < -0.39 is 0 Å². The SMILES string of the molecule is CSc1ccc(Cl)c(C(=O)Nc2ccc(C)c(Cl)c2)c1. The molecule has 0 saturated carbocycles. The fourth-order valence-corrected chi connectivity index (χ4v) is 2.50. The molecule has 0 aliphatic carbocycles. The number of carbonyl (C=O) groups excluding carboxylic acids is 1. The molecular weight excluding hydrogens is 313 g/mol. The molecule has 2 aromatic rings. The summed E-state index contributed by atoms with van der Waals surface area (Å²) in [6, 6.07) is 10.8. The van der Waals surface area contributed by atoms with Crippen molar-refractivity contribution in [3.63, 3.8) is 0 Å².